The summed E-state index contributed by atoms with van der Waals surface area (Å²) >= 11 is 12.1. The quantitative estimate of drug-likeness (QED) is 0.699. The monoisotopic (exact) mass is 403 g/mol. The molecule has 6 nitrogen and oxygen atoms in total. The lowest BCUT2D eigenvalue weighted by molar-refractivity contribution is 0.102. The third-order valence-electron chi connectivity index (χ3n) is 4.11. The predicted molar refractivity (Wildman–Crippen MR) is 106 cm³/mol. The molecular weight excluding hydrogens is 389 g/mol. The van der Waals surface area contributed by atoms with E-state index in [1.165, 1.54) is 0 Å². The van der Waals surface area contributed by atoms with Gasteiger partial charge in [-0.1, -0.05) is 47.5 Å². The van der Waals surface area contributed by atoms with Gasteiger partial charge < -0.3 is 10.3 Å². The van der Waals surface area contributed by atoms with Crippen molar-refractivity contribution in [2.45, 2.75) is 13.5 Å². The fourth-order valence-electron chi connectivity index (χ4n) is 2.55. The Hall–Kier alpha value is -2.83. The summed E-state index contributed by atoms with van der Waals surface area (Å²) in [6.07, 6.45) is 1.10. The number of amides is 1. The summed E-state index contributed by atoms with van der Waals surface area (Å²) in [5.41, 5.74) is 0.214. The number of H-pyrrole nitrogens is 1. The summed E-state index contributed by atoms with van der Waals surface area (Å²) in [5.74, 6) is -0.644. The average molecular weight is 404 g/mol. The van der Waals surface area contributed by atoms with E-state index in [9.17, 15) is 14.4 Å². The SMILES string of the molecule is Cc1c(Cl)cccc1NC(=O)c1c[nH]c(=O)n(Cc2ccccc2Cl)c1=O. The van der Waals surface area contributed by atoms with Gasteiger partial charge in [0.05, 0.1) is 6.54 Å². The minimum Gasteiger partial charge on any atom is -0.321 e. The number of hydrogen-bond acceptors (Lipinski definition) is 3. The summed E-state index contributed by atoms with van der Waals surface area (Å²) < 4.78 is 0.932. The number of anilines is 1. The van der Waals surface area contributed by atoms with Gasteiger partial charge in [0.2, 0.25) is 0 Å². The van der Waals surface area contributed by atoms with E-state index in [-0.39, 0.29) is 12.1 Å². The van der Waals surface area contributed by atoms with Crippen molar-refractivity contribution in [2.75, 3.05) is 5.32 Å². The largest absolute Gasteiger partial charge is 0.328 e. The molecule has 0 spiro atoms. The van der Waals surface area contributed by atoms with Crippen LogP contribution < -0.4 is 16.6 Å². The van der Waals surface area contributed by atoms with Crippen molar-refractivity contribution in [1.82, 2.24) is 9.55 Å². The van der Waals surface area contributed by atoms with Crippen LogP contribution in [0.3, 0.4) is 0 Å². The highest BCUT2D eigenvalue weighted by Crippen LogP contribution is 2.23. The number of benzene rings is 2. The molecule has 0 aliphatic rings. The number of halogens is 2. The van der Waals surface area contributed by atoms with Crippen molar-refractivity contribution in [3.63, 3.8) is 0 Å². The van der Waals surface area contributed by atoms with Crippen LogP contribution in [0.15, 0.2) is 58.3 Å². The topological polar surface area (TPSA) is 84.0 Å². The zero-order valence-corrected chi connectivity index (χ0v) is 15.8. The van der Waals surface area contributed by atoms with Crippen LogP contribution in [-0.2, 0) is 6.54 Å². The van der Waals surface area contributed by atoms with E-state index in [0.717, 1.165) is 10.8 Å². The van der Waals surface area contributed by atoms with Gasteiger partial charge >= 0.3 is 5.69 Å². The van der Waals surface area contributed by atoms with Crippen LogP contribution in [0.5, 0.6) is 0 Å². The van der Waals surface area contributed by atoms with Crippen LogP contribution in [0.2, 0.25) is 10.0 Å². The van der Waals surface area contributed by atoms with Gasteiger partial charge in [-0.3, -0.25) is 14.2 Å². The number of hydrogen-bond donors (Lipinski definition) is 2. The van der Waals surface area contributed by atoms with Gasteiger partial charge in [0, 0.05) is 21.9 Å². The van der Waals surface area contributed by atoms with E-state index in [2.05, 4.69) is 10.3 Å². The Morgan fingerprint density at radius 2 is 1.78 bits per heavy atom. The number of aromatic amines is 1. The molecule has 0 saturated carbocycles. The van der Waals surface area contributed by atoms with Crippen molar-refractivity contribution in [3.05, 3.63) is 96.2 Å². The summed E-state index contributed by atoms with van der Waals surface area (Å²) in [5, 5.41) is 3.56. The van der Waals surface area contributed by atoms with Gasteiger partial charge in [-0.15, -0.1) is 0 Å². The van der Waals surface area contributed by atoms with Gasteiger partial charge in [0.25, 0.3) is 11.5 Å². The maximum atomic E-state index is 12.7. The third-order valence-corrected chi connectivity index (χ3v) is 4.89. The second-order valence-electron chi connectivity index (χ2n) is 5.86. The molecule has 2 aromatic carbocycles. The zero-order chi connectivity index (χ0) is 19.6. The maximum Gasteiger partial charge on any atom is 0.328 e. The van der Waals surface area contributed by atoms with Crippen LogP contribution in [0.4, 0.5) is 5.69 Å². The molecule has 0 unspecified atom stereocenters. The first-order valence-corrected chi connectivity index (χ1v) is 8.76. The summed E-state index contributed by atoms with van der Waals surface area (Å²) in [7, 11) is 0. The molecule has 0 aliphatic heterocycles. The van der Waals surface area contributed by atoms with Crippen LogP contribution >= 0.6 is 23.2 Å². The van der Waals surface area contributed by atoms with Crippen molar-refractivity contribution >= 4 is 34.8 Å². The lowest BCUT2D eigenvalue weighted by Crippen LogP contribution is -2.39. The Balaban J connectivity index is 1.96. The van der Waals surface area contributed by atoms with E-state index in [1.54, 1.807) is 49.4 Å². The zero-order valence-electron chi connectivity index (χ0n) is 14.3. The number of carbonyl (C=O) groups is 1. The summed E-state index contributed by atoms with van der Waals surface area (Å²) in [4.78, 5) is 39.8. The number of nitrogens with one attached hydrogen (secondary N) is 2. The number of rotatable bonds is 4. The molecule has 0 bridgehead atoms. The van der Waals surface area contributed by atoms with E-state index in [1.807, 2.05) is 0 Å². The molecule has 0 aliphatic carbocycles. The smallest absolute Gasteiger partial charge is 0.321 e. The molecule has 3 rings (SSSR count). The number of nitrogens with zero attached hydrogens (tertiary/aromatic N) is 1. The lowest BCUT2D eigenvalue weighted by atomic mass is 10.2. The Morgan fingerprint density at radius 1 is 1.07 bits per heavy atom. The third kappa shape index (κ3) is 3.97. The molecule has 27 heavy (non-hydrogen) atoms. The van der Waals surface area contributed by atoms with Gasteiger partial charge in [-0.2, -0.15) is 0 Å². The Labute approximate surface area is 164 Å². The fourth-order valence-corrected chi connectivity index (χ4v) is 2.92. The van der Waals surface area contributed by atoms with Gasteiger partial charge in [-0.05, 0) is 36.2 Å². The van der Waals surface area contributed by atoms with Crippen LogP contribution in [-0.4, -0.2) is 15.5 Å². The molecule has 0 fully saturated rings. The van der Waals surface area contributed by atoms with Gasteiger partial charge in [0.15, 0.2) is 0 Å². The van der Waals surface area contributed by atoms with Crippen molar-refractivity contribution < 1.29 is 4.79 Å². The second-order valence-corrected chi connectivity index (χ2v) is 6.67. The predicted octanol–water partition coefficient (Wildman–Crippen LogP) is 3.45. The molecule has 1 amide bonds. The molecule has 2 N–H and O–H groups in total. The van der Waals surface area contributed by atoms with Crippen molar-refractivity contribution in [1.29, 1.82) is 0 Å². The highest BCUT2D eigenvalue weighted by Gasteiger charge is 2.17. The van der Waals surface area contributed by atoms with Crippen LogP contribution in [0.1, 0.15) is 21.5 Å². The van der Waals surface area contributed by atoms with E-state index in [4.69, 9.17) is 23.2 Å². The molecule has 1 heterocycles. The Bertz CT molecular complexity index is 1140. The van der Waals surface area contributed by atoms with E-state index in [0.29, 0.717) is 26.9 Å². The molecule has 8 heteroatoms. The average Bonchev–Trinajstić information content (AvgIpc) is 2.64. The maximum absolute atomic E-state index is 12.7. The van der Waals surface area contributed by atoms with Crippen molar-refractivity contribution in [2.24, 2.45) is 0 Å². The standard InChI is InChI=1S/C19H15Cl2N3O3/c1-11-14(20)7-4-8-16(11)23-17(25)13-9-22-19(27)24(18(13)26)10-12-5-2-3-6-15(12)21/h2-9H,10H2,1H3,(H,22,27)(H,23,25). The number of carbonyl (C=O) groups excluding carboxylic acids is 1. The Kier molecular flexibility index (Phi) is 5.48. The summed E-state index contributed by atoms with van der Waals surface area (Å²) in [6, 6.07) is 11.9. The van der Waals surface area contributed by atoms with Gasteiger partial charge in [0.1, 0.15) is 5.56 Å². The first-order chi connectivity index (χ1) is 12.9. The normalized spacial score (nSPS) is 10.6. The minimum atomic E-state index is -0.712. The van der Waals surface area contributed by atoms with E-state index >= 15 is 0 Å². The highest BCUT2D eigenvalue weighted by atomic mass is 35.5. The number of aromatic nitrogens is 2. The van der Waals surface area contributed by atoms with Gasteiger partial charge in [-0.25, -0.2) is 4.79 Å². The molecular formula is C19H15Cl2N3O3. The highest BCUT2D eigenvalue weighted by molar-refractivity contribution is 6.32. The van der Waals surface area contributed by atoms with Crippen LogP contribution in [0.25, 0.3) is 0 Å². The van der Waals surface area contributed by atoms with Crippen LogP contribution in [0, 0.1) is 6.92 Å². The molecule has 1 aromatic heterocycles. The molecule has 0 saturated heterocycles. The molecule has 0 atom stereocenters. The molecule has 138 valence electrons. The molecule has 3 aromatic rings. The lowest BCUT2D eigenvalue weighted by Gasteiger charge is -2.11. The minimum absolute atomic E-state index is 0.0504. The first-order valence-electron chi connectivity index (χ1n) is 8.01. The summed E-state index contributed by atoms with van der Waals surface area (Å²) in [6.45, 7) is 1.70. The first kappa shape index (κ1) is 18.9. The second kappa shape index (κ2) is 7.82. The van der Waals surface area contributed by atoms with Crippen molar-refractivity contribution in [3.8, 4) is 0 Å². The Morgan fingerprint density at radius 3 is 2.52 bits per heavy atom. The fraction of sp³-hybridized carbons (Fsp3) is 0.105. The molecule has 0 radical (unpaired) electrons. The van der Waals surface area contributed by atoms with E-state index < -0.39 is 17.2 Å².